The van der Waals surface area contributed by atoms with Crippen LogP contribution in [0.15, 0.2) is 54.9 Å². The van der Waals surface area contributed by atoms with E-state index in [-0.39, 0.29) is 11.1 Å². The number of fused-ring (bicyclic) bond motifs is 1. The fourth-order valence-electron chi connectivity index (χ4n) is 5.05. The van der Waals surface area contributed by atoms with Crippen LogP contribution in [0.3, 0.4) is 0 Å². The molecule has 4 aromatic rings. The van der Waals surface area contributed by atoms with Crippen LogP contribution in [0, 0.1) is 23.0 Å². The molecule has 1 saturated heterocycles. The van der Waals surface area contributed by atoms with Crippen LogP contribution in [0.1, 0.15) is 34.3 Å². The molecule has 38 heavy (non-hydrogen) atoms. The van der Waals surface area contributed by atoms with Gasteiger partial charge in [-0.25, -0.2) is 13.8 Å². The fraction of sp³-hybridized carbons (Fsp3) is 0.276. The van der Waals surface area contributed by atoms with E-state index in [2.05, 4.69) is 20.9 Å². The van der Waals surface area contributed by atoms with Gasteiger partial charge in [-0.15, -0.1) is 0 Å². The average molecular weight is 515 g/mol. The van der Waals surface area contributed by atoms with Crippen LogP contribution in [0.4, 0.5) is 14.6 Å². The van der Waals surface area contributed by atoms with E-state index in [1.165, 1.54) is 30.0 Å². The highest BCUT2D eigenvalue weighted by Gasteiger charge is 2.23. The van der Waals surface area contributed by atoms with E-state index in [0.717, 1.165) is 55.9 Å². The number of hydrogen-bond acceptors (Lipinski definition) is 5. The van der Waals surface area contributed by atoms with E-state index in [1.54, 1.807) is 0 Å². The first-order valence-corrected chi connectivity index (χ1v) is 12.7. The lowest BCUT2D eigenvalue weighted by Gasteiger charge is -2.36. The molecule has 7 nitrogen and oxygen atoms in total. The van der Waals surface area contributed by atoms with E-state index >= 15 is 0 Å². The first kappa shape index (κ1) is 25.4. The Bertz CT molecular complexity index is 1520. The minimum Gasteiger partial charge on any atom is -0.365 e. The number of rotatable bonds is 8. The zero-order valence-corrected chi connectivity index (χ0v) is 20.9. The first-order chi connectivity index (χ1) is 18.4. The number of hydrogen-bond donors (Lipinski definition) is 2. The zero-order valence-electron chi connectivity index (χ0n) is 20.9. The van der Waals surface area contributed by atoms with Crippen molar-refractivity contribution < 1.29 is 13.6 Å². The number of aryl methyl sites for hydroxylation is 1. The quantitative estimate of drug-likeness (QED) is 0.334. The molecule has 9 heteroatoms. The maximum Gasteiger partial charge on any atom is 0.252 e. The number of piperazine rings is 1. The molecule has 2 aromatic heterocycles. The van der Waals surface area contributed by atoms with Crippen molar-refractivity contribution in [3.05, 3.63) is 83.2 Å². The summed E-state index contributed by atoms with van der Waals surface area (Å²) in [5.41, 5.74) is 9.35. The summed E-state index contributed by atoms with van der Waals surface area (Å²) < 4.78 is 27.6. The van der Waals surface area contributed by atoms with Crippen LogP contribution in [-0.2, 0) is 6.42 Å². The third kappa shape index (κ3) is 5.36. The van der Waals surface area contributed by atoms with Crippen molar-refractivity contribution in [2.24, 2.45) is 5.73 Å². The molecule has 0 atom stereocenters. The molecule has 1 aliphatic rings. The summed E-state index contributed by atoms with van der Waals surface area (Å²) in [7, 11) is 0. The number of nitrogens with two attached hydrogens (primary N) is 1. The van der Waals surface area contributed by atoms with Gasteiger partial charge in [0.2, 0.25) is 0 Å². The van der Waals surface area contributed by atoms with Crippen molar-refractivity contribution in [2.75, 3.05) is 37.6 Å². The number of pyridine rings is 1. The van der Waals surface area contributed by atoms with Crippen molar-refractivity contribution in [3.8, 4) is 17.2 Å². The van der Waals surface area contributed by atoms with Crippen molar-refractivity contribution in [3.63, 3.8) is 0 Å². The molecule has 194 valence electrons. The molecular weight excluding hydrogens is 486 g/mol. The molecule has 1 amide bonds. The standard InChI is InChI=1S/C29H28F2N6O/c30-22-5-6-23(26(31)15-22)21-14-25(28(33)38)29(35-18-21)37-11-9-36(10-12-37)8-2-1-3-20-17-34-27-7-4-19(16-32)13-24(20)27/h4-7,13-15,17-18,34H,1-3,8-12H2,(H2,33,38). The molecular formula is C29H28F2N6O. The van der Waals surface area contributed by atoms with Crippen LogP contribution in [-0.4, -0.2) is 53.5 Å². The Morgan fingerprint density at radius 2 is 1.89 bits per heavy atom. The number of anilines is 1. The topological polar surface area (TPSA) is 102 Å². The predicted molar refractivity (Wildman–Crippen MR) is 143 cm³/mol. The SMILES string of the molecule is N#Cc1ccc2[nH]cc(CCCCN3CCN(c4ncc(-c5ccc(F)cc5F)cc4C(N)=O)CC3)c2c1. The summed E-state index contributed by atoms with van der Waals surface area (Å²) in [4.78, 5) is 24.4. The Labute approximate surface area is 219 Å². The Balaban J connectivity index is 1.16. The molecule has 3 N–H and O–H groups in total. The highest BCUT2D eigenvalue weighted by molar-refractivity contribution is 5.99. The number of halogens is 2. The summed E-state index contributed by atoms with van der Waals surface area (Å²) >= 11 is 0. The minimum absolute atomic E-state index is 0.163. The molecule has 1 fully saturated rings. The van der Waals surface area contributed by atoms with Crippen molar-refractivity contribution >= 4 is 22.6 Å². The van der Waals surface area contributed by atoms with E-state index in [1.807, 2.05) is 29.3 Å². The van der Waals surface area contributed by atoms with Crippen LogP contribution in [0.25, 0.3) is 22.0 Å². The van der Waals surface area contributed by atoms with Crippen molar-refractivity contribution in [1.29, 1.82) is 5.26 Å². The van der Waals surface area contributed by atoms with Gasteiger partial charge in [-0.05, 0) is 67.8 Å². The smallest absolute Gasteiger partial charge is 0.252 e. The number of carbonyl (C=O) groups is 1. The second-order valence-corrected chi connectivity index (χ2v) is 9.56. The van der Waals surface area contributed by atoms with Crippen molar-refractivity contribution in [1.82, 2.24) is 14.9 Å². The number of aromatic amines is 1. The lowest BCUT2D eigenvalue weighted by Crippen LogP contribution is -2.47. The second-order valence-electron chi connectivity index (χ2n) is 9.56. The molecule has 0 saturated carbocycles. The first-order valence-electron chi connectivity index (χ1n) is 12.7. The van der Waals surface area contributed by atoms with Gasteiger partial charge in [0.15, 0.2) is 0 Å². The van der Waals surface area contributed by atoms with E-state index < -0.39 is 17.5 Å². The Morgan fingerprint density at radius 1 is 1.08 bits per heavy atom. The van der Waals surface area contributed by atoms with Gasteiger partial charge < -0.3 is 15.6 Å². The van der Waals surface area contributed by atoms with Crippen molar-refractivity contribution in [2.45, 2.75) is 19.3 Å². The minimum atomic E-state index is -0.722. The number of aromatic nitrogens is 2. The van der Waals surface area contributed by atoms with Gasteiger partial charge in [-0.2, -0.15) is 5.26 Å². The van der Waals surface area contributed by atoms with Crippen LogP contribution >= 0.6 is 0 Å². The van der Waals surface area contributed by atoms with Gasteiger partial charge in [-0.3, -0.25) is 9.69 Å². The lowest BCUT2D eigenvalue weighted by atomic mass is 10.0. The van der Waals surface area contributed by atoms with Gasteiger partial charge in [0.25, 0.3) is 5.91 Å². The molecule has 3 heterocycles. The number of nitriles is 1. The van der Waals surface area contributed by atoms with Crippen LogP contribution in [0.2, 0.25) is 0 Å². The molecule has 0 bridgehead atoms. The molecule has 0 spiro atoms. The molecule has 1 aliphatic heterocycles. The monoisotopic (exact) mass is 514 g/mol. The van der Waals surface area contributed by atoms with Gasteiger partial charge in [0.05, 0.1) is 17.2 Å². The Kier molecular flexibility index (Phi) is 7.33. The average Bonchev–Trinajstić information content (AvgIpc) is 3.33. The van der Waals surface area contributed by atoms with Gasteiger partial charge in [0, 0.05) is 66.7 Å². The van der Waals surface area contributed by atoms with E-state index in [0.29, 0.717) is 30.0 Å². The fourth-order valence-corrected chi connectivity index (χ4v) is 5.05. The maximum absolute atomic E-state index is 14.3. The highest BCUT2D eigenvalue weighted by atomic mass is 19.1. The summed E-state index contributed by atoms with van der Waals surface area (Å²) in [6, 6.07) is 12.7. The summed E-state index contributed by atoms with van der Waals surface area (Å²) in [6.07, 6.45) is 6.56. The second kappa shape index (κ2) is 11.0. The number of unbranched alkanes of at least 4 members (excludes halogenated alkanes) is 1. The highest BCUT2D eigenvalue weighted by Crippen LogP contribution is 2.28. The summed E-state index contributed by atoms with van der Waals surface area (Å²) in [5.74, 6) is -1.55. The normalized spacial score (nSPS) is 14.1. The lowest BCUT2D eigenvalue weighted by molar-refractivity contribution is 0.1000. The number of benzene rings is 2. The summed E-state index contributed by atoms with van der Waals surface area (Å²) in [6.45, 7) is 4.01. The molecule has 0 radical (unpaired) electrons. The third-order valence-corrected chi connectivity index (χ3v) is 7.11. The van der Waals surface area contributed by atoms with Gasteiger partial charge >= 0.3 is 0 Å². The predicted octanol–water partition coefficient (Wildman–Crippen LogP) is 4.62. The molecule has 0 unspecified atom stereocenters. The van der Waals surface area contributed by atoms with Crippen LogP contribution < -0.4 is 10.6 Å². The van der Waals surface area contributed by atoms with Gasteiger partial charge in [0.1, 0.15) is 17.5 Å². The largest absolute Gasteiger partial charge is 0.365 e. The zero-order chi connectivity index (χ0) is 26.6. The van der Waals surface area contributed by atoms with Crippen LogP contribution in [0.5, 0.6) is 0 Å². The number of carbonyl (C=O) groups excluding carboxylic acids is 1. The number of H-pyrrole nitrogens is 1. The summed E-state index contributed by atoms with van der Waals surface area (Å²) in [5, 5.41) is 10.3. The van der Waals surface area contributed by atoms with Gasteiger partial charge in [-0.1, -0.05) is 0 Å². The van der Waals surface area contributed by atoms with E-state index in [9.17, 15) is 18.8 Å². The Morgan fingerprint density at radius 3 is 2.63 bits per heavy atom. The molecule has 5 rings (SSSR count). The number of primary amides is 1. The molecule has 0 aliphatic carbocycles. The molecule has 2 aromatic carbocycles. The number of nitrogens with one attached hydrogen (secondary N) is 1. The van der Waals surface area contributed by atoms with E-state index in [4.69, 9.17) is 5.73 Å². The third-order valence-electron chi connectivity index (χ3n) is 7.11. The number of amides is 1. The Hall–Kier alpha value is -4.29. The maximum atomic E-state index is 14.3. The number of nitrogens with zero attached hydrogens (tertiary/aromatic N) is 4.